The van der Waals surface area contributed by atoms with Crippen LogP contribution in [0.25, 0.3) is 0 Å². The molecule has 0 aliphatic carbocycles. The standard InChI is InChI=1S/C13H21NO2/c1-9-7-12(10(2)16-9)13(14-3)8-11-5-4-6-15-11/h7,11,13-14H,4-6,8H2,1-3H3. The fourth-order valence-corrected chi connectivity index (χ4v) is 2.49. The lowest BCUT2D eigenvalue weighted by Crippen LogP contribution is -2.22. The number of rotatable bonds is 4. The second kappa shape index (κ2) is 5.02. The van der Waals surface area contributed by atoms with Gasteiger partial charge in [0.25, 0.3) is 0 Å². The van der Waals surface area contributed by atoms with Crippen molar-refractivity contribution in [2.24, 2.45) is 0 Å². The van der Waals surface area contributed by atoms with Crippen molar-refractivity contribution in [1.29, 1.82) is 0 Å². The van der Waals surface area contributed by atoms with Crippen LogP contribution in [0, 0.1) is 13.8 Å². The molecule has 3 nitrogen and oxygen atoms in total. The Balaban J connectivity index is 2.06. The molecule has 0 radical (unpaired) electrons. The predicted octanol–water partition coefficient (Wildman–Crippen LogP) is 2.73. The lowest BCUT2D eigenvalue weighted by atomic mass is 10.00. The number of furan rings is 1. The third-order valence-electron chi connectivity index (χ3n) is 3.33. The molecule has 90 valence electrons. The largest absolute Gasteiger partial charge is 0.466 e. The summed E-state index contributed by atoms with van der Waals surface area (Å²) in [5, 5.41) is 3.36. The zero-order valence-corrected chi connectivity index (χ0v) is 10.4. The Morgan fingerprint density at radius 3 is 2.81 bits per heavy atom. The smallest absolute Gasteiger partial charge is 0.105 e. The molecule has 1 aliphatic rings. The van der Waals surface area contributed by atoms with Crippen LogP contribution >= 0.6 is 0 Å². The number of aryl methyl sites for hydroxylation is 2. The minimum atomic E-state index is 0.348. The number of hydrogen-bond acceptors (Lipinski definition) is 3. The van der Waals surface area contributed by atoms with E-state index in [1.54, 1.807) is 0 Å². The minimum Gasteiger partial charge on any atom is -0.466 e. The van der Waals surface area contributed by atoms with Crippen LogP contribution in [0.4, 0.5) is 0 Å². The van der Waals surface area contributed by atoms with Crippen LogP contribution in [0.3, 0.4) is 0 Å². The Kier molecular flexibility index (Phi) is 3.66. The summed E-state index contributed by atoms with van der Waals surface area (Å²) in [7, 11) is 2.00. The Labute approximate surface area is 97.2 Å². The highest BCUT2D eigenvalue weighted by Gasteiger charge is 2.23. The van der Waals surface area contributed by atoms with E-state index in [0.29, 0.717) is 12.1 Å². The Morgan fingerprint density at radius 2 is 2.31 bits per heavy atom. The maximum absolute atomic E-state index is 5.68. The van der Waals surface area contributed by atoms with Crippen LogP contribution < -0.4 is 5.32 Å². The molecular weight excluding hydrogens is 202 g/mol. The summed E-state index contributed by atoms with van der Waals surface area (Å²) in [6.45, 7) is 4.95. The molecule has 2 heterocycles. The van der Waals surface area contributed by atoms with Gasteiger partial charge in [0, 0.05) is 18.2 Å². The van der Waals surface area contributed by atoms with E-state index in [1.807, 2.05) is 20.9 Å². The molecule has 1 fully saturated rings. The lowest BCUT2D eigenvalue weighted by Gasteiger charge is -2.19. The average Bonchev–Trinajstić information content (AvgIpc) is 2.85. The lowest BCUT2D eigenvalue weighted by molar-refractivity contribution is 0.0952. The number of nitrogens with one attached hydrogen (secondary N) is 1. The van der Waals surface area contributed by atoms with Crippen molar-refractivity contribution < 1.29 is 9.15 Å². The van der Waals surface area contributed by atoms with Gasteiger partial charge in [-0.25, -0.2) is 0 Å². The van der Waals surface area contributed by atoms with Gasteiger partial charge < -0.3 is 14.5 Å². The topological polar surface area (TPSA) is 34.4 Å². The van der Waals surface area contributed by atoms with E-state index in [-0.39, 0.29) is 0 Å². The molecule has 3 heteroatoms. The monoisotopic (exact) mass is 223 g/mol. The van der Waals surface area contributed by atoms with Gasteiger partial charge in [0.05, 0.1) is 6.10 Å². The Morgan fingerprint density at radius 1 is 1.50 bits per heavy atom. The summed E-state index contributed by atoms with van der Waals surface area (Å²) < 4.78 is 11.3. The summed E-state index contributed by atoms with van der Waals surface area (Å²) >= 11 is 0. The molecular formula is C13H21NO2. The third-order valence-corrected chi connectivity index (χ3v) is 3.33. The van der Waals surface area contributed by atoms with Crippen LogP contribution in [0.2, 0.25) is 0 Å². The average molecular weight is 223 g/mol. The first kappa shape index (κ1) is 11.7. The van der Waals surface area contributed by atoms with Gasteiger partial charge in [-0.15, -0.1) is 0 Å². The maximum atomic E-state index is 5.68. The molecule has 1 aromatic heterocycles. The van der Waals surface area contributed by atoms with Crippen molar-refractivity contribution in [3.05, 3.63) is 23.2 Å². The maximum Gasteiger partial charge on any atom is 0.105 e. The van der Waals surface area contributed by atoms with Gasteiger partial charge in [-0.05, 0) is 46.2 Å². The summed E-state index contributed by atoms with van der Waals surface area (Å²) in [6.07, 6.45) is 3.83. The van der Waals surface area contributed by atoms with Gasteiger partial charge >= 0.3 is 0 Å². The first-order valence-electron chi connectivity index (χ1n) is 6.06. The second-order valence-electron chi connectivity index (χ2n) is 4.58. The molecule has 1 N–H and O–H groups in total. The third kappa shape index (κ3) is 2.47. The SMILES string of the molecule is CNC(CC1CCCO1)c1cc(C)oc1C. The minimum absolute atomic E-state index is 0.348. The summed E-state index contributed by atoms with van der Waals surface area (Å²) in [4.78, 5) is 0. The molecule has 16 heavy (non-hydrogen) atoms. The van der Waals surface area contributed by atoms with Crippen LogP contribution in [-0.2, 0) is 4.74 Å². The van der Waals surface area contributed by atoms with Crippen molar-refractivity contribution in [2.45, 2.75) is 45.3 Å². The van der Waals surface area contributed by atoms with Gasteiger partial charge in [0.2, 0.25) is 0 Å². The van der Waals surface area contributed by atoms with Crippen molar-refractivity contribution in [2.75, 3.05) is 13.7 Å². The van der Waals surface area contributed by atoms with Crippen LogP contribution in [0.5, 0.6) is 0 Å². The number of hydrogen-bond donors (Lipinski definition) is 1. The second-order valence-corrected chi connectivity index (χ2v) is 4.58. The van der Waals surface area contributed by atoms with E-state index >= 15 is 0 Å². The van der Waals surface area contributed by atoms with E-state index in [9.17, 15) is 0 Å². The molecule has 0 saturated carbocycles. The van der Waals surface area contributed by atoms with E-state index < -0.39 is 0 Å². The molecule has 0 spiro atoms. The summed E-state index contributed by atoms with van der Waals surface area (Å²) in [5.74, 6) is 2.01. The Hall–Kier alpha value is -0.800. The molecule has 1 saturated heterocycles. The van der Waals surface area contributed by atoms with Gasteiger partial charge in [0.15, 0.2) is 0 Å². The molecule has 0 aromatic carbocycles. The normalized spacial score (nSPS) is 22.6. The molecule has 2 unspecified atom stereocenters. The van der Waals surface area contributed by atoms with Crippen molar-refractivity contribution in [1.82, 2.24) is 5.32 Å². The highest BCUT2D eigenvalue weighted by molar-refractivity contribution is 5.24. The fourth-order valence-electron chi connectivity index (χ4n) is 2.49. The molecule has 2 atom stereocenters. The van der Waals surface area contributed by atoms with Gasteiger partial charge in [-0.3, -0.25) is 0 Å². The fraction of sp³-hybridized carbons (Fsp3) is 0.692. The summed E-state index contributed by atoms with van der Waals surface area (Å²) in [6, 6.07) is 2.48. The van der Waals surface area contributed by atoms with Crippen LogP contribution in [-0.4, -0.2) is 19.8 Å². The first-order valence-corrected chi connectivity index (χ1v) is 6.06. The molecule has 1 aromatic rings. The van der Waals surface area contributed by atoms with E-state index in [4.69, 9.17) is 9.15 Å². The molecule has 0 bridgehead atoms. The summed E-state index contributed by atoms with van der Waals surface area (Å²) in [5.41, 5.74) is 1.27. The number of ether oxygens (including phenoxy) is 1. The van der Waals surface area contributed by atoms with Gasteiger partial charge in [0.1, 0.15) is 11.5 Å². The molecule has 1 aliphatic heterocycles. The molecule has 2 rings (SSSR count). The first-order chi connectivity index (χ1) is 7.70. The van der Waals surface area contributed by atoms with E-state index in [1.165, 1.54) is 18.4 Å². The van der Waals surface area contributed by atoms with Crippen molar-refractivity contribution in [3.63, 3.8) is 0 Å². The van der Waals surface area contributed by atoms with Crippen LogP contribution in [0.15, 0.2) is 10.5 Å². The Bertz CT molecular complexity index is 340. The molecule has 0 amide bonds. The van der Waals surface area contributed by atoms with Gasteiger partial charge in [-0.2, -0.15) is 0 Å². The van der Waals surface area contributed by atoms with Crippen molar-refractivity contribution >= 4 is 0 Å². The van der Waals surface area contributed by atoms with Crippen LogP contribution in [0.1, 0.15) is 42.4 Å². The highest BCUT2D eigenvalue weighted by Crippen LogP contribution is 2.28. The van der Waals surface area contributed by atoms with E-state index in [2.05, 4.69) is 11.4 Å². The zero-order chi connectivity index (χ0) is 11.5. The quantitative estimate of drug-likeness (QED) is 0.852. The predicted molar refractivity (Wildman–Crippen MR) is 63.6 cm³/mol. The highest BCUT2D eigenvalue weighted by atomic mass is 16.5. The van der Waals surface area contributed by atoms with Gasteiger partial charge in [-0.1, -0.05) is 0 Å². The van der Waals surface area contributed by atoms with E-state index in [0.717, 1.165) is 24.5 Å². The zero-order valence-electron chi connectivity index (χ0n) is 10.4. The van der Waals surface area contributed by atoms with Crippen molar-refractivity contribution in [3.8, 4) is 0 Å².